The van der Waals surface area contributed by atoms with Crippen LogP contribution in [0.3, 0.4) is 0 Å². The third-order valence-corrected chi connectivity index (χ3v) is 3.30. The van der Waals surface area contributed by atoms with E-state index in [0.717, 1.165) is 43.5 Å². The fourth-order valence-electron chi connectivity index (χ4n) is 2.10. The lowest BCUT2D eigenvalue weighted by Crippen LogP contribution is -2.42. The molecule has 19 heavy (non-hydrogen) atoms. The Balaban J connectivity index is 1.99. The van der Waals surface area contributed by atoms with Gasteiger partial charge in [-0.3, -0.25) is 4.99 Å². The second kappa shape index (κ2) is 7.48. The summed E-state index contributed by atoms with van der Waals surface area (Å²) in [5.74, 6) is 1.00. The Morgan fingerprint density at radius 3 is 2.95 bits per heavy atom. The van der Waals surface area contributed by atoms with Crippen molar-refractivity contribution in [3.63, 3.8) is 0 Å². The van der Waals surface area contributed by atoms with Crippen LogP contribution < -0.4 is 10.6 Å². The lowest BCUT2D eigenvalue weighted by atomic mass is 10.0. The molecule has 0 amide bonds. The zero-order valence-corrected chi connectivity index (χ0v) is 11.9. The third-order valence-electron chi connectivity index (χ3n) is 3.05. The van der Waals surface area contributed by atoms with Crippen LogP contribution in [0.4, 0.5) is 0 Å². The van der Waals surface area contributed by atoms with E-state index in [2.05, 4.69) is 15.6 Å². The summed E-state index contributed by atoms with van der Waals surface area (Å²) >= 11 is 5.93. The summed E-state index contributed by atoms with van der Waals surface area (Å²) in [5.41, 5.74) is 1.18. The monoisotopic (exact) mass is 281 g/mol. The van der Waals surface area contributed by atoms with Crippen LogP contribution in [0.15, 0.2) is 29.3 Å². The van der Waals surface area contributed by atoms with Gasteiger partial charge in [0.2, 0.25) is 0 Å². The van der Waals surface area contributed by atoms with Crippen molar-refractivity contribution in [3.8, 4) is 0 Å². The third kappa shape index (κ3) is 4.20. The number of rotatable bonds is 5. The molecule has 0 radical (unpaired) electrons. The van der Waals surface area contributed by atoms with Gasteiger partial charge in [-0.05, 0) is 24.1 Å². The second-order valence-corrected chi connectivity index (χ2v) is 4.92. The first kappa shape index (κ1) is 14.3. The molecule has 1 aromatic rings. The molecular weight excluding hydrogens is 262 g/mol. The lowest BCUT2D eigenvalue weighted by molar-refractivity contribution is 0.195. The number of amidine groups is 1. The van der Waals surface area contributed by atoms with Crippen LogP contribution >= 0.6 is 11.6 Å². The Hall–Kier alpha value is -1.10. The van der Waals surface area contributed by atoms with Crippen LogP contribution in [0.5, 0.6) is 0 Å². The molecule has 1 atom stereocenters. The van der Waals surface area contributed by atoms with E-state index in [4.69, 9.17) is 16.3 Å². The van der Waals surface area contributed by atoms with E-state index in [1.807, 2.05) is 24.3 Å². The highest BCUT2D eigenvalue weighted by Crippen LogP contribution is 2.18. The van der Waals surface area contributed by atoms with Gasteiger partial charge in [-0.25, -0.2) is 0 Å². The maximum absolute atomic E-state index is 5.93. The molecule has 0 saturated carbocycles. The SMILES string of the molecule is COCCCNC1=NCCNC1c1ccc(Cl)cc1. The molecule has 0 saturated heterocycles. The largest absolute Gasteiger partial charge is 0.385 e. The van der Waals surface area contributed by atoms with Gasteiger partial charge in [-0.15, -0.1) is 0 Å². The highest BCUT2D eigenvalue weighted by molar-refractivity contribution is 6.30. The molecule has 4 nitrogen and oxygen atoms in total. The van der Waals surface area contributed by atoms with Gasteiger partial charge in [-0.1, -0.05) is 23.7 Å². The van der Waals surface area contributed by atoms with Crippen molar-refractivity contribution < 1.29 is 4.74 Å². The van der Waals surface area contributed by atoms with Gasteiger partial charge < -0.3 is 15.4 Å². The number of benzene rings is 1. The van der Waals surface area contributed by atoms with Crippen molar-refractivity contribution in [1.82, 2.24) is 10.6 Å². The summed E-state index contributed by atoms with van der Waals surface area (Å²) in [6.07, 6.45) is 0.975. The molecule has 5 heteroatoms. The molecule has 1 aliphatic rings. The van der Waals surface area contributed by atoms with Crippen molar-refractivity contribution in [2.45, 2.75) is 12.5 Å². The molecule has 1 aromatic carbocycles. The van der Waals surface area contributed by atoms with E-state index < -0.39 is 0 Å². The summed E-state index contributed by atoms with van der Waals surface area (Å²) in [5, 5.41) is 7.63. The maximum atomic E-state index is 5.93. The summed E-state index contributed by atoms with van der Waals surface area (Å²) < 4.78 is 5.05. The van der Waals surface area contributed by atoms with Gasteiger partial charge in [0.25, 0.3) is 0 Å². The second-order valence-electron chi connectivity index (χ2n) is 4.48. The molecule has 2 N–H and O–H groups in total. The highest BCUT2D eigenvalue weighted by atomic mass is 35.5. The Morgan fingerprint density at radius 1 is 1.42 bits per heavy atom. The zero-order valence-electron chi connectivity index (χ0n) is 11.2. The number of halogens is 1. The van der Waals surface area contributed by atoms with Crippen LogP contribution in [0, 0.1) is 0 Å². The zero-order chi connectivity index (χ0) is 13.5. The van der Waals surface area contributed by atoms with Gasteiger partial charge in [-0.2, -0.15) is 0 Å². The van der Waals surface area contributed by atoms with E-state index in [-0.39, 0.29) is 6.04 Å². The molecule has 0 spiro atoms. The molecule has 104 valence electrons. The van der Waals surface area contributed by atoms with Gasteiger partial charge in [0.15, 0.2) is 0 Å². The maximum Gasteiger partial charge on any atom is 0.118 e. The molecule has 0 aromatic heterocycles. The van der Waals surface area contributed by atoms with E-state index in [9.17, 15) is 0 Å². The van der Waals surface area contributed by atoms with Crippen LogP contribution in [0.1, 0.15) is 18.0 Å². The van der Waals surface area contributed by atoms with Crippen molar-refractivity contribution in [2.75, 3.05) is 33.4 Å². The van der Waals surface area contributed by atoms with E-state index in [1.54, 1.807) is 7.11 Å². The molecule has 0 aliphatic carbocycles. The highest BCUT2D eigenvalue weighted by Gasteiger charge is 2.20. The van der Waals surface area contributed by atoms with Crippen molar-refractivity contribution >= 4 is 17.4 Å². The number of hydrogen-bond donors (Lipinski definition) is 2. The normalized spacial score (nSPS) is 19.1. The number of methoxy groups -OCH3 is 1. The van der Waals surface area contributed by atoms with Crippen LogP contribution in [-0.2, 0) is 4.74 Å². The van der Waals surface area contributed by atoms with Crippen molar-refractivity contribution in [2.24, 2.45) is 4.99 Å². The summed E-state index contributed by atoms with van der Waals surface area (Å²) in [4.78, 5) is 4.58. The minimum Gasteiger partial charge on any atom is -0.385 e. The average Bonchev–Trinajstić information content (AvgIpc) is 2.45. The van der Waals surface area contributed by atoms with Gasteiger partial charge in [0.1, 0.15) is 5.84 Å². The van der Waals surface area contributed by atoms with Gasteiger partial charge in [0, 0.05) is 31.8 Å². The van der Waals surface area contributed by atoms with Crippen LogP contribution in [0.25, 0.3) is 0 Å². The minimum absolute atomic E-state index is 0.133. The molecule has 2 rings (SSSR count). The number of aliphatic imine (C=N–C) groups is 1. The smallest absolute Gasteiger partial charge is 0.118 e. The first-order valence-electron chi connectivity index (χ1n) is 6.57. The molecule has 1 aliphatic heterocycles. The van der Waals surface area contributed by atoms with Crippen LogP contribution in [0.2, 0.25) is 5.02 Å². The predicted octanol–water partition coefficient (Wildman–Crippen LogP) is 2.01. The topological polar surface area (TPSA) is 45.6 Å². The average molecular weight is 282 g/mol. The Kier molecular flexibility index (Phi) is 5.63. The summed E-state index contributed by atoms with van der Waals surface area (Å²) in [6, 6.07) is 8.04. The number of ether oxygens (including phenoxy) is 1. The Morgan fingerprint density at radius 2 is 2.21 bits per heavy atom. The fourth-order valence-corrected chi connectivity index (χ4v) is 2.22. The number of nitrogens with zero attached hydrogens (tertiary/aromatic N) is 1. The van der Waals surface area contributed by atoms with Gasteiger partial charge >= 0.3 is 0 Å². The standard InChI is InChI=1S/C14H20ClN3O/c1-19-10-2-7-17-14-13(16-8-9-18-14)11-3-5-12(15)6-4-11/h3-6,13,16H,2,7-10H2,1H3,(H,17,18). The lowest BCUT2D eigenvalue weighted by Gasteiger charge is -2.26. The molecular formula is C14H20ClN3O. The van der Waals surface area contributed by atoms with Crippen molar-refractivity contribution in [3.05, 3.63) is 34.9 Å². The molecule has 1 heterocycles. The van der Waals surface area contributed by atoms with E-state index in [1.165, 1.54) is 5.56 Å². The first-order valence-corrected chi connectivity index (χ1v) is 6.95. The molecule has 0 fully saturated rings. The Labute approximate surface area is 119 Å². The molecule has 1 unspecified atom stereocenters. The fraction of sp³-hybridized carbons (Fsp3) is 0.500. The van der Waals surface area contributed by atoms with E-state index in [0.29, 0.717) is 0 Å². The number of nitrogens with one attached hydrogen (secondary N) is 2. The minimum atomic E-state index is 0.133. The summed E-state index contributed by atoms with van der Waals surface area (Å²) in [7, 11) is 1.72. The predicted molar refractivity (Wildman–Crippen MR) is 79.0 cm³/mol. The van der Waals surface area contributed by atoms with Gasteiger partial charge in [0.05, 0.1) is 12.6 Å². The van der Waals surface area contributed by atoms with Crippen LogP contribution in [-0.4, -0.2) is 39.2 Å². The Bertz CT molecular complexity index is 419. The quantitative estimate of drug-likeness (QED) is 0.812. The number of hydrogen-bond acceptors (Lipinski definition) is 4. The first-order chi connectivity index (χ1) is 9.31. The molecule has 0 bridgehead atoms. The van der Waals surface area contributed by atoms with Crippen molar-refractivity contribution in [1.29, 1.82) is 0 Å². The summed E-state index contributed by atoms with van der Waals surface area (Å²) in [6.45, 7) is 3.35. The van der Waals surface area contributed by atoms with E-state index >= 15 is 0 Å².